The number of fused-ring (bicyclic) bond motifs is 1. The number of hydrogen-bond donors (Lipinski definition) is 1. The summed E-state index contributed by atoms with van der Waals surface area (Å²) in [5, 5.41) is 1.63. The monoisotopic (exact) mass is 452 g/mol. The first-order valence-electron chi connectivity index (χ1n) is 11.7. The second-order valence-corrected chi connectivity index (χ2v) is 8.94. The number of benzene rings is 3. The number of nitrogens with one attached hydrogen (secondary N) is 1. The minimum absolute atomic E-state index is 0.0423. The van der Waals surface area contributed by atoms with Gasteiger partial charge in [0, 0.05) is 35.7 Å². The number of aromatic amines is 1. The van der Waals surface area contributed by atoms with Gasteiger partial charge in [-0.25, -0.2) is 0 Å². The van der Waals surface area contributed by atoms with Crippen molar-refractivity contribution >= 4 is 16.7 Å². The highest BCUT2D eigenvalue weighted by Crippen LogP contribution is 2.31. The molecule has 0 spiro atoms. The van der Waals surface area contributed by atoms with Crippen LogP contribution >= 0.6 is 0 Å². The van der Waals surface area contributed by atoms with E-state index in [1.165, 1.54) is 0 Å². The van der Waals surface area contributed by atoms with Crippen LogP contribution in [0.5, 0.6) is 5.75 Å². The number of H-pyrrole nitrogens is 1. The van der Waals surface area contributed by atoms with E-state index in [2.05, 4.69) is 11.1 Å². The first kappa shape index (κ1) is 22.0. The molecule has 1 amide bonds. The van der Waals surface area contributed by atoms with Gasteiger partial charge < -0.3 is 14.6 Å². The number of piperidine rings is 1. The number of carbonyl (C=O) groups excluding carboxylic acids is 1. The molecule has 5 rings (SSSR count). The van der Waals surface area contributed by atoms with Crippen molar-refractivity contribution in [3.63, 3.8) is 0 Å². The molecular formula is C29H28N2O3. The number of nitrogens with zero attached hydrogens (tertiary/aromatic N) is 1. The lowest BCUT2D eigenvalue weighted by Gasteiger charge is -2.33. The van der Waals surface area contributed by atoms with Gasteiger partial charge in [-0.2, -0.15) is 0 Å². The molecule has 5 heteroatoms. The fourth-order valence-corrected chi connectivity index (χ4v) is 4.99. The average Bonchev–Trinajstić information content (AvgIpc) is 2.88. The molecule has 172 valence electrons. The molecule has 34 heavy (non-hydrogen) atoms. The molecule has 4 aromatic rings. The molecule has 0 unspecified atom stereocenters. The van der Waals surface area contributed by atoms with Gasteiger partial charge in [0.25, 0.3) is 11.5 Å². The van der Waals surface area contributed by atoms with Gasteiger partial charge in [0.1, 0.15) is 5.75 Å². The summed E-state index contributed by atoms with van der Waals surface area (Å²) in [7, 11) is 1.65. The highest BCUT2D eigenvalue weighted by Gasteiger charge is 2.27. The third kappa shape index (κ3) is 4.10. The van der Waals surface area contributed by atoms with Gasteiger partial charge in [-0.3, -0.25) is 9.59 Å². The molecule has 1 saturated heterocycles. The van der Waals surface area contributed by atoms with Gasteiger partial charge in [-0.05, 0) is 72.2 Å². The van der Waals surface area contributed by atoms with Crippen LogP contribution in [0, 0.1) is 6.92 Å². The van der Waals surface area contributed by atoms with E-state index in [1.807, 2.05) is 78.6 Å². The molecule has 2 heterocycles. The molecule has 0 bridgehead atoms. The number of methoxy groups -OCH3 is 1. The summed E-state index contributed by atoms with van der Waals surface area (Å²) in [6.07, 6.45) is 1.85. The predicted molar refractivity (Wildman–Crippen MR) is 136 cm³/mol. The van der Waals surface area contributed by atoms with E-state index in [-0.39, 0.29) is 17.4 Å². The van der Waals surface area contributed by atoms with E-state index in [0.717, 1.165) is 58.5 Å². The van der Waals surface area contributed by atoms with Crippen LogP contribution in [-0.4, -0.2) is 36.0 Å². The van der Waals surface area contributed by atoms with Crippen LogP contribution in [0.4, 0.5) is 0 Å². The lowest BCUT2D eigenvalue weighted by molar-refractivity contribution is 0.0705. The molecule has 1 aliphatic heterocycles. The van der Waals surface area contributed by atoms with Crippen LogP contribution in [0.3, 0.4) is 0 Å². The molecular weight excluding hydrogens is 424 g/mol. The van der Waals surface area contributed by atoms with Crippen LogP contribution in [0.15, 0.2) is 77.6 Å². The zero-order valence-corrected chi connectivity index (χ0v) is 19.5. The second kappa shape index (κ2) is 9.18. The van der Waals surface area contributed by atoms with Crippen LogP contribution in [0.25, 0.3) is 21.9 Å². The van der Waals surface area contributed by atoms with E-state index in [4.69, 9.17) is 4.74 Å². The Morgan fingerprint density at radius 2 is 1.82 bits per heavy atom. The van der Waals surface area contributed by atoms with Crippen molar-refractivity contribution in [2.75, 3.05) is 20.2 Å². The number of hydrogen-bond acceptors (Lipinski definition) is 3. The first-order chi connectivity index (χ1) is 16.5. The Balaban J connectivity index is 1.41. The van der Waals surface area contributed by atoms with Gasteiger partial charge in [0.2, 0.25) is 0 Å². The van der Waals surface area contributed by atoms with Crippen LogP contribution < -0.4 is 10.3 Å². The molecule has 1 fully saturated rings. The van der Waals surface area contributed by atoms with Crippen molar-refractivity contribution in [3.05, 3.63) is 100.0 Å². The molecule has 1 aromatic heterocycles. The number of carbonyl (C=O) groups is 1. The highest BCUT2D eigenvalue weighted by atomic mass is 16.5. The Morgan fingerprint density at radius 3 is 2.62 bits per heavy atom. The minimum Gasteiger partial charge on any atom is -0.497 e. The average molecular weight is 453 g/mol. The summed E-state index contributed by atoms with van der Waals surface area (Å²) in [5.74, 6) is 0.959. The van der Waals surface area contributed by atoms with Crippen molar-refractivity contribution in [3.8, 4) is 16.9 Å². The lowest BCUT2D eigenvalue weighted by atomic mass is 9.91. The Morgan fingerprint density at radius 1 is 1.03 bits per heavy atom. The number of rotatable bonds is 4. The number of aromatic nitrogens is 1. The van der Waals surface area contributed by atoms with Crippen molar-refractivity contribution in [2.45, 2.75) is 25.7 Å². The maximum atomic E-state index is 13.6. The maximum absolute atomic E-state index is 13.6. The quantitative estimate of drug-likeness (QED) is 0.443. The Kier molecular flexibility index (Phi) is 5.93. The fraction of sp³-hybridized carbons (Fsp3) is 0.241. The first-order valence-corrected chi connectivity index (χ1v) is 11.7. The third-order valence-corrected chi connectivity index (χ3v) is 6.89. The third-order valence-electron chi connectivity index (χ3n) is 6.89. The topological polar surface area (TPSA) is 62.4 Å². The van der Waals surface area contributed by atoms with Crippen molar-refractivity contribution in [1.82, 2.24) is 9.88 Å². The predicted octanol–water partition coefficient (Wildman–Crippen LogP) is 5.53. The summed E-state index contributed by atoms with van der Waals surface area (Å²) in [5.41, 5.74) is 4.63. The van der Waals surface area contributed by atoms with Crippen LogP contribution in [0.2, 0.25) is 0 Å². The standard InChI is InChI=1S/C29H28N2O3/c1-19-24(20-12-14-23(34-2)15-13-20)10-5-11-25(19)29(33)31-16-6-8-22(18-31)27-17-21-7-3-4-9-26(21)28(32)30-27/h3-5,7,9-15,17,22H,6,8,16,18H2,1-2H3,(H,30,32)/t22-/m0/s1. The van der Waals surface area contributed by atoms with Gasteiger partial charge >= 0.3 is 0 Å². The highest BCUT2D eigenvalue weighted by molar-refractivity contribution is 5.97. The van der Waals surface area contributed by atoms with Gasteiger partial charge in [0.15, 0.2) is 0 Å². The molecule has 1 aliphatic rings. The van der Waals surface area contributed by atoms with Crippen LogP contribution in [0.1, 0.15) is 40.4 Å². The maximum Gasteiger partial charge on any atom is 0.256 e. The summed E-state index contributed by atoms with van der Waals surface area (Å²) in [6, 6.07) is 23.5. The lowest BCUT2D eigenvalue weighted by Crippen LogP contribution is -2.39. The number of pyridine rings is 1. The van der Waals surface area contributed by atoms with Gasteiger partial charge in [-0.15, -0.1) is 0 Å². The van der Waals surface area contributed by atoms with E-state index < -0.39 is 0 Å². The Hall–Kier alpha value is -3.86. The molecule has 3 aromatic carbocycles. The molecule has 0 saturated carbocycles. The van der Waals surface area contributed by atoms with E-state index >= 15 is 0 Å². The van der Waals surface area contributed by atoms with Crippen molar-refractivity contribution in [2.24, 2.45) is 0 Å². The van der Waals surface area contributed by atoms with Crippen molar-refractivity contribution in [1.29, 1.82) is 0 Å². The number of likely N-dealkylation sites (tertiary alicyclic amines) is 1. The summed E-state index contributed by atoms with van der Waals surface area (Å²) in [6.45, 7) is 3.33. The van der Waals surface area contributed by atoms with Gasteiger partial charge in [0.05, 0.1) is 7.11 Å². The fourth-order valence-electron chi connectivity index (χ4n) is 4.99. The molecule has 5 nitrogen and oxygen atoms in total. The van der Waals surface area contributed by atoms with Crippen molar-refractivity contribution < 1.29 is 9.53 Å². The smallest absolute Gasteiger partial charge is 0.256 e. The number of amides is 1. The molecule has 0 radical (unpaired) electrons. The summed E-state index contributed by atoms with van der Waals surface area (Å²) < 4.78 is 5.27. The van der Waals surface area contributed by atoms with Crippen LogP contribution in [-0.2, 0) is 0 Å². The molecule has 0 aliphatic carbocycles. The zero-order valence-electron chi connectivity index (χ0n) is 19.5. The second-order valence-electron chi connectivity index (χ2n) is 8.94. The van der Waals surface area contributed by atoms with E-state index in [1.54, 1.807) is 7.11 Å². The molecule has 1 atom stereocenters. The van der Waals surface area contributed by atoms with Gasteiger partial charge in [-0.1, -0.05) is 42.5 Å². The SMILES string of the molecule is COc1ccc(-c2cccc(C(=O)N3CCC[C@H](c4cc5ccccc5c(=O)[nH]4)C3)c2C)cc1. The minimum atomic E-state index is -0.0698. The molecule has 1 N–H and O–H groups in total. The van der Waals surface area contributed by atoms with E-state index in [0.29, 0.717) is 11.9 Å². The Labute approximate surface area is 199 Å². The zero-order chi connectivity index (χ0) is 23.7. The summed E-state index contributed by atoms with van der Waals surface area (Å²) in [4.78, 5) is 31.2. The Bertz CT molecular complexity index is 1410. The van der Waals surface area contributed by atoms with E-state index in [9.17, 15) is 9.59 Å². The number of ether oxygens (including phenoxy) is 1. The normalized spacial score (nSPS) is 15.9. The summed E-state index contributed by atoms with van der Waals surface area (Å²) >= 11 is 0. The largest absolute Gasteiger partial charge is 0.497 e.